The van der Waals surface area contributed by atoms with Gasteiger partial charge >= 0.3 is 11.9 Å². The molecule has 0 bridgehead atoms. The number of unbranched alkanes of at least 4 members (excludes halogenated alkanes) is 2. The lowest BCUT2D eigenvalue weighted by atomic mass is 10.1. The maximum Gasteiger partial charge on any atom is 0.322 e. The van der Waals surface area contributed by atoms with E-state index in [0.717, 1.165) is 55.6 Å². The lowest BCUT2D eigenvalue weighted by molar-refractivity contribution is -0.145. The zero-order valence-corrected chi connectivity index (χ0v) is 34.0. The molecular formula is C34H60Cl6N6O4. The Hall–Kier alpha value is -1.70. The monoisotopic (exact) mass is 826 g/mol. The number of hydrogen-bond acceptors (Lipinski definition) is 10. The largest absolute Gasteiger partial charge is 0.463 e. The molecule has 16 heteroatoms. The lowest BCUT2D eigenvalue weighted by Gasteiger charge is -2.25. The first-order valence-corrected chi connectivity index (χ1v) is 16.0. The SMILES string of the molecule is CCN(CC)c1ccc(/C=C/c2ccc(N(CCOC(=O)C(N)CCCCN)CCOC(=O)C(N)CCCCN)cc2)cc1.Cl.Cl.Cl.Cl.Cl.Cl. The van der Waals surface area contributed by atoms with E-state index in [1.165, 1.54) is 5.69 Å². The molecule has 0 saturated heterocycles. The van der Waals surface area contributed by atoms with Crippen LogP contribution in [0.1, 0.15) is 63.5 Å². The highest BCUT2D eigenvalue weighted by Crippen LogP contribution is 2.19. The number of anilines is 2. The van der Waals surface area contributed by atoms with Crippen LogP contribution in [-0.4, -0.2) is 76.5 Å². The predicted molar refractivity (Wildman–Crippen MR) is 225 cm³/mol. The van der Waals surface area contributed by atoms with Crippen LogP contribution in [0.2, 0.25) is 0 Å². The molecule has 0 radical (unpaired) electrons. The van der Waals surface area contributed by atoms with Crippen molar-refractivity contribution in [1.29, 1.82) is 0 Å². The summed E-state index contributed by atoms with van der Waals surface area (Å²) in [7, 11) is 0. The third-order valence-corrected chi connectivity index (χ3v) is 7.50. The van der Waals surface area contributed by atoms with Crippen LogP contribution in [-0.2, 0) is 19.1 Å². The Morgan fingerprint density at radius 3 is 1.26 bits per heavy atom. The summed E-state index contributed by atoms with van der Waals surface area (Å²) in [6, 6.07) is 15.3. The van der Waals surface area contributed by atoms with Gasteiger partial charge in [0, 0.05) is 24.5 Å². The summed E-state index contributed by atoms with van der Waals surface area (Å²) < 4.78 is 10.9. The van der Waals surface area contributed by atoms with Gasteiger partial charge in [0.05, 0.1) is 13.1 Å². The van der Waals surface area contributed by atoms with Crippen molar-refractivity contribution in [3.63, 3.8) is 0 Å². The van der Waals surface area contributed by atoms with Crippen LogP contribution in [0.5, 0.6) is 0 Å². The summed E-state index contributed by atoms with van der Waals surface area (Å²) in [5.41, 5.74) is 27.3. The Morgan fingerprint density at radius 1 is 0.600 bits per heavy atom. The molecule has 0 aliphatic rings. The molecule has 0 fully saturated rings. The summed E-state index contributed by atoms with van der Waals surface area (Å²) in [5.74, 6) is -0.857. The van der Waals surface area contributed by atoms with Crippen LogP contribution >= 0.6 is 74.4 Å². The molecule has 0 aromatic heterocycles. The van der Waals surface area contributed by atoms with Crippen LogP contribution in [0.4, 0.5) is 11.4 Å². The lowest BCUT2D eigenvalue weighted by Crippen LogP contribution is -2.37. The fourth-order valence-corrected chi connectivity index (χ4v) is 4.72. The number of rotatable bonds is 22. The molecule has 292 valence electrons. The van der Waals surface area contributed by atoms with E-state index >= 15 is 0 Å². The molecule has 2 atom stereocenters. The van der Waals surface area contributed by atoms with Crippen molar-refractivity contribution in [2.75, 3.05) is 62.3 Å². The number of halogens is 6. The number of carbonyl (C=O) groups excluding carboxylic acids is 2. The van der Waals surface area contributed by atoms with E-state index in [0.29, 0.717) is 39.0 Å². The van der Waals surface area contributed by atoms with Crippen LogP contribution < -0.4 is 32.7 Å². The predicted octanol–water partition coefficient (Wildman–Crippen LogP) is 6.04. The molecule has 8 N–H and O–H groups in total. The number of carbonyl (C=O) groups is 2. The van der Waals surface area contributed by atoms with Crippen LogP contribution in [0, 0.1) is 0 Å². The second-order valence-electron chi connectivity index (χ2n) is 10.8. The number of esters is 2. The maximum absolute atomic E-state index is 12.4. The van der Waals surface area contributed by atoms with Gasteiger partial charge in [-0.25, -0.2) is 0 Å². The molecule has 10 nitrogen and oxygen atoms in total. The van der Waals surface area contributed by atoms with Crippen LogP contribution in [0.25, 0.3) is 12.2 Å². The highest BCUT2D eigenvalue weighted by Gasteiger charge is 2.17. The van der Waals surface area contributed by atoms with E-state index < -0.39 is 24.0 Å². The Kier molecular flexibility index (Phi) is 39.6. The van der Waals surface area contributed by atoms with E-state index in [1.54, 1.807) is 0 Å². The first kappa shape index (κ1) is 57.6. The molecule has 0 aliphatic heterocycles. The van der Waals surface area contributed by atoms with Crippen molar-refractivity contribution < 1.29 is 19.1 Å². The van der Waals surface area contributed by atoms with Gasteiger partial charge in [0.2, 0.25) is 0 Å². The Labute approximate surface area is 336 Å². The summed E-state index contributed by atoms with van der Waals surface area (Å²) in [6.07, 6.45) is 8.43. The Morgan fingerprint density at radius 2 is 0.940 bits per heavy atom. The van der Waals surface area contributed by atoms with E-state index in [4.69, 9.17) is 32.4 Å². The minimum atomic E-state index is -0.670. The Balaban J connectivity index is -0.00000112. The number of hydrogen-bond donors (Lipinski definition) is 4. The molecule has 0 saturated carbocycles. The molecule has 0 heterocycles. The van der Waals surface area contributed by atoms with Gasteiger partial charge in [-0.05, 0) is 88.0 Å². The minimum Gasteiger partial charge on any atom is -0.463 e. The van der Waals surface area contributed by atoms with Gasteiger partial charge in [-0.1, -0.05) is 49.3 Å². The van der Waals surface area contributed by atoms with E-state index in [-0.39, 0.29) is 87.7 Å². The summed E-state index contributed by atoms with van der Waals surface area (Å²) in [6.45, 7) is 8.54. The molecule has 2 aromatic rings. The van der Waals surface area contributed by atoms with Crippen LogP contribution in [0.15, 0.2) is 48.5 Å². The standard InChI is InChI=1S/C34H54N6O4.6ClH/c1-3-39(4-2)29-17-13-27(14-18-29)11-12-28-15-19-30(20-16-28)40(23-25-43-33(41)31(37)9-5-7-21-35)24-26-44-34(42)32(38)10-6-8-22-36;;;;;;/h11-20,31-32H,3-10,21-26,35-38H2,1-2H3;6*1H/b12-11+;;;;;;. The Bertz CT molecular complexity index is 1100. The quantitative estimate of drug-likeness (QED) is 0.0626. The third-order valence-electron chi connectivity index (χ3n) is 7.50. The molecule has 50 heavy (non-hydrogen) atoms. The highest BCUT2D eigenvalue weighted by atomic mass is 35.5. The molecule has 2 rings (SSSR count). The number of ether oxygens (including phenoxy) is 2. The van der Waals surface area contributed by atoms with Crippen molar-refractivity contribution in [3.05, 3.63) is 59.7 Å². The average molecular weight is 830 g/mol. The molecule has 0 aliphatic carbocycles. The maximum atomic E-state index is 12.4. The smallest absolute Gasteiger partial charge is 0.322 e. The average Bonchev–Trinajstić information content (AvgIpc) is 3.04. The minimum absolute atomic E-state index is 0. The molecule has 0 amide bonds. The highest BCUT2D eigenvalue weighted by molar-refractivity contribution is 5.86. The topological polar surface area (TPSA) is 163 Å². The zero-order chi connectivity index (χ0) is 32.2. The molecule has 0 spiro atoms. The van der Waals surface area contributed by atoms with Gasteiger partial charge in [0.25, 0.3) is 0 Å². The second-order valence-corrected chi connectivity index (χ2v) is 10.8. The number of nitrogens with two attached hydrogens (primary N) is 4. The second kappa shape index (κ2) is 34.4. The van der Waals surface area contributed by atoms with Crippen molar-refractivity contribution in [2.45, 2.75) is 64.5 Å². The normalized spacial score (nSPS) is 11.1. The van der Waals surface area contributed by atoms with Crippen molar-refractivity contribution in [1.82, 2.24) is 0 Å². The van der Waals surface area contributed by atoms with Gasteiger partial charge in [-0.2, -0.15) is 0 Å². The van der Waals surface area contributed by atoms with Gasteiger partial charge in [-0.3, -0.25) is 9.59 Å². The fraction of sp³-hybridized carbons (Fsp3) is 0.529. The fourth-order valence-electron chi connectivity index (χ4n) is 4.72. The number of benzene rings is 2. The first-order valence-electron chi connectivity index (χ1n) is 16.0. The van der Waals surface area contributed by atoms with Gasteiger partial charge in [0.15, 0.2) is 0 Å². The summed E-state index contributed by atoms with van der Waals surface area (Å²) in [5, 5.41) is 0. The van der Waals surface area contributed by atoms with E-state index in [2.05, 4.69) is 55.2 Å². The van der Waals surface area contributed by atoms with E-state index in [9.17, 15) is 9.59 Å². The number of nitrogens with zero attached hydrogens (tertiary/aromatic N) is 2. The summed E-state index contributed by atoms with van der Waals surface area (Å²) >= 11 is 0. The van der Waals surface area contributed by atoms with Gasteiger partial charge in [-0.15, -0.1) is 74.4 Å². The molecule has 2 unspecified atom stereocenters. The van der Waals surface area contributed by atoms with Crippen molar-refractivity contribution in [3.8, 4) is 0 Å². The van der Waals surface area contributed by atoms with Gasteiger partial charge in [0.1, 0.15) is 25.3 Å². The van der Waals surface area contributed by atoms with Gasteiger partial charge < -0.3 is 42.2 Å². The summed E-state index contributed by atoms with van der Waals surface area (Å²) in [4.78, 5) is 29.0. The van der Waals surface area contributed by atoms with Crippen molar-refractivity contribution in [2.24, 2.45) is 22.9 Å². The molecular weight excluding hydrogens is 769 g/mol. The van der Waals surface area contributed by atoms with E-state index in [1.807, 2.05) is 29.2 Å². The first-order chi connectivity index (χ1) is 21.3. The van der Waals surface area contributed by atoms with Crippen LogP contribution in [0.3, 0.4) is 0 Å². The van der Waals surface area contributed by atoms with Crippen molar-refractivity contribution >= 4 is 110 Å². The zero-order valence-electron chi connectivity index (χ0n) is 29.1. The molecule has 2 aromatic carbocycles. The third kappa shape index (κ3) is 22.3.